The molecule has 0 heterocycles. The summed E-state index contributed by atoms with van der Waals surface area (Å²) < 4.78 is 5.14. The van der Waals surface area contributed by atoms with Gasteiger partial charge in [0.2, 0.25) is 0 Å². The lowest BCUT2D eigenvalue weighted by Crippen LogP contribution is -2.27. The number of hydrogen-bond donors (Lipinski definition) is 1. The van der Waals surface area contributed by atoms with E-state index in [0.29, 0.717) is 16.0 Å². The number of nitrogens with one attached hydrogen (secondary N) is 1. The molecule has 0 saturated heterocycles. The van der Waals surface area contributed by atoms with Crippen LogP contribution < -0.4 is 5.32 Å². The van der Waals surface area contributed by atoms with Crippen molar-refractivity contribution in [2.24, 2.45) is 5.92 Å². The summed E-state index contributed by atoms with van der Waals surface area (Å²) in [6, 6.07) is 5.99. The molecule has 0 spiro atoms. The molecule has 0 aromatic heterocycles. The Morgan fingerprint density at radius 1 is 1.33 bits per heavy atom. The lowest BCUT2D eigenvalue weighted by Gasteiger charge is -2.26. The summed E-state index contributed by atoms with van der Waals surface area (Å²) >= 11 is 12.4. The standard InChI is InChI=1S/C14H21Cl2NO/c1-4-17-14(10(2)8-9-18-3)11-6-5-7-12(15)13(11)16/h5-7,10,14,17H,4,8-9H2,1-3H3. The van der Waals surface area contributed by atoms with Gasteiger partial charge in [-0.05, 0) is 30.5 Å². The SMILES string of the molecule is CCNC(c1cccc(Cl)c1Cl)C(C)CCOC. The van der Waals surface area contributed by atoms with E-state index >= 15 is 0 Å². The normalized spacial score (nSPS) is 14.5. The molecule has 1 rings (SSSR count). The summed E-state index contributed by atoms with van der Waals surface area (Å²) in [6.45, 7) is 5.93. The fraction of sp³-hybridized carbons (Fsp3) is 0.571. The van der Waals surface area contributed by atoms with Crippen LogP contribution in [0.1, 0.15) is 31.9 Å². The molecule has 0 amide bonds. The van der Waals surface area contributed by atoms with Gasteiger partial charge in [0.15, 0.2) is 0 Å². The Hall–Kier alpha value is -0.280. The summed E-state index contributed by atoms with van der Waals surface area (Å²) in [7, 11) is 1.72. The van der Waals surface area contributed by atoms with Crippen LogP contribution in [-0.4, -0.2) is 20.3 Å². The van der Waals surface area contributed by atoms with Crippen molar-refractivity contribution in [3.8, 4) is 0 Å². The van der Waals surface area contributed by atoms with Gasteiger partial charge in [0.1, 0.15) is 0 Å². The van der Waals surface area contributed by atoms with E-state index in [9.17, 15) is 0 Å². The van der Waals surface area contributed by atoms with Gasteiger partial charge in [-0.25, -0.2) is 0 Å². The van der Waals surface area contributed by atoms with E-state index in [2.05, 4.69) is 19.2 Å². The van der Waals surface area contributed by atoms with E-state index in [1.54, 1.807) is 7.11 Å². The molecule has 1 N–H and O–H groups in total. The molecule has 0 aliphatic rings. The number of halogens is 2. The zero-order valence-corrected chi connectivity index (χ0v) is 12.7. The van der Waals surface area contributed by atoms with Gasteiger partial charge in [0, 0.05) is 19.8 Å². The summed E-state index contributed by atoms with van der Waals surface area (Å²) in [6.07, 6.45) is 0.983. The average Bonchev–Trinajstić information content (AvgIpc) is 2.37. The van der Waals surface area contributed by atoms with Gasteiger partial charge >= 0.3 is 0 Å². The van der Waals surface area contributed by atoms with Gasteiger partial charge in [-0.2, -0.15) is 0 Å². The maximum absolute atomic E-state index is 6.30. The molecule has 0 bridgehead atoms. The third-order valence-electron chi connectivity index (χ3n) is 3.09. The monoisotopic (exact) mass is 289 g/mol. The van der Waals surface area contributed by atoms with Crippen molar-refractivity contribution >= 4 is 23.2 Å². The topological polar surface area (TPSA) is 21.3 Å². The number of benzene rings is 1. The number of methoxy groups -OCH3 is 1. The first kappa shape index (κ1) is 15.8. The predicted molar refractivity (Wildman–Crippen MR) is 78.5 cm³/mol. The molecule has 0 fully saturated rings. The molecular formula is C14H21Cl2NO. The lowest BCUT2D eigenvalue weighted by molar-refractivity contribution is 0.170. The van der Waals surface area contributed by atoms with Crippen LogP contribution in [0.4, 0.5) is 0 Å². The van der Waals surface area contributed by atoms with Crippen molar-refractivity contribution < 1.29 is 4.74 Å². The van der Waals surface area contributed by atoms with Gasteiger partial charge in [0.05, 0.1) is 10.0 Å². The van der Waals surface area contributed by atoms with Crippen molar-refractivity contribution in [2.75, 3.05) is 20.3 Å². The van der Waals surface area contributed by atoms with Crippen LogP contribution in [-0.2, 0) is 4.74 Å². The maximum Gasteiger partial charge on any atom is 0.0640 e. The molecular weight excluding hydrogens is 269 g/mol. The van der Waals surface area contributed by atoms with E-state index in [-0.39, 0.29) is 6.04 Å². The summed E-state index contributed by atoms with van der Waals surface area (Å²) in [5, 5.41) is 4.73. The Morgan fingerprint density at radius 3 is 2.67 bits per heavy atom. The Morgan fingerprint density at radius 2 is 2.06 bits per heavy atom. The second kappa shape index (κ2) is 8.00. The second-order valence-corrected chi connectivity index (χ2v) is 5.22. The first-order chi connectivity index (χ1) is 8.61. The molecule has 2 atom stereocenters. The summed E-state index contributed by atoms with van der Waals surface area (Å²) in [5.74, 6) is 0.431. The number of hydrogen-bond acceptors (Lipinski definition) is 2. The number of ether oxygens (including phenoxy) is 1. The second-order valence-electron chi connectivity index (χ2n) is 4.44. The van der Waals surface area contributed by atoms with Crippen molar-refractivity contribution in [1.29, 1.82) is 0 Å². The highest BCUT2D eigenvalue weighted by molar-refractivity contribution is 6.42. The van der Waals surface area contributed by atoms with Crippen molar-refractivity contribution in [1.82, 2.24) is 5.32 Å². The predicted octanol–water partition coefficient (Wildman–Crippen LogP) is 4.32. The van der Waals surface area contributed by atoms with Crippen LogP contribution >= 0.6 is 23.2 Å². The molecule has 2 unspecified atom stereocenters. The van der Waals surface area contributed by atoms with E-state index in [1.807, 2.05) is 18.2 Å². The summed E-state index contributed by atoms with van der Waals surface area (Å²) in [5.41, 5.74) is 1.06. The minimum atomic E-state index is 0.205. The Labute approximate surface area is 120 Å². The zero-order valence-electron chi connectivity index (χ0n) is 11.2. The molecule has 1 aromatic carbocycles. The van der Waals surface area contributed by atoms with Crippen molar-refractivity contribution in [2.45, 2.75) is 26.3 Å². The molecule has 4 heteroatoms. The molecule has 2 nitrogen and oxygen atoms in total. The van der Waals surface area contributed by atoms with E-state index in [0.717, 1.165) is 25.1 Å². The molecule has 0 radical (unpaired) electrons. The summed E-state index contributed by atoms with van der Waals surface area (Å²) in [4.78, 5) is 0. The van der Waals surface area contributed by atoms with Crippen LogP contribution in [0.15, 0.2) is 18.2 Å². The molecule has 18 heavy (non-hydrogen) atoms. The van der Waals surface area contributed by atoms with Gasteiger partial charge in [0.25, 0.3) is 0 Å². The molecule has 0 aliphatic heterocycles. The van der Waals surface area contributed by atoms with Gasteiger partial charge in [-0.1, -0.05) is 49.2 Å². The Balaban J connectivity index is 2.92. The first-order valence-electron chi connectivity index (χ1n) is 6.28. The lowest BCUT2D eigenvalue weighted by atomic mass is 9.92. The van der Waals surface area contributed by atoms with Crippen LogP contribution in [0.2, 0.25) is 10.0 Å². The third kappa shape index (κ3) is 4.13. The zero-order chi connectivity index (χ0) is 13.5. The third-order valence-corrected chi connectivity index (χ3v) is 3.92. The quantitative estimate of drug-likeness (QED) is 0.807. The van der Waals surface area contributed by atoms with Crippen LogP contribution in [0.25, 0.3) is 0 Å². The fourth-order valence-electron chi connectivity index (χ4n) is 2.07. The van der Waals surface area contributed by atoms with E-state index < -0.39 is 0 Å². The van der Waals surface area contributed by atoms with Crippen LogP contribution in [0, 0.1) is 5.92 Å². The molecule has 102 valence electrons. The highest BCUT2D eigenvalue weighted by atomic mass is 35.5. The van der Waals surface area contributed by atoms with Crippen LogP contribution in [0.3, 0.4) is 0 Å². The van der Waals surface area contributed by atoms with E-state index in [1.165, 1.54) is 0 Å². The fourth-order valence-corrected chi connectivity index (χ4v) is 2.49. The smallest absolute Gasteiger partial charge is 0.0640 e. The first-order valence-corrected chi connectivity index (χ1v) is 7.03. The van der Waals surface area contributed by atoms with E-state index in [4.69, 9.17) is 27.9 Å². The minimum Gasteiger partial charge on any atom is -0.385 e. The van der Waals surface area contributed by atoms with Gasteiger partial charge in [-0.3, -0.25) is 0 Å². The van der Waals surface area contributed by atoms with Gasteiger partial charge in [-0.15, -0.1) is 0 Å². The number of rotatable bonds is 7. The van der Waals surface area contributed by atoms with Crippen LogP contribution in [0.5, 0.6) is 0 Å². The average molecular weight is 290 g/mol. The highest BCUT2D eigenvalue weighted by Gasteiger charge is 2.21. The van der Waals surface area contributed by atoms with Crippen molar-refractivity contribution in [3.63, 3.8) is 0 Å². The maximum atomic E-state index is 6.30. The Kier molecular flexibility index (Phi) is 7.02. The molecule has 0 saturated carbocycles. The molecule has 1 aromatic rings. The molecule has 0 aliphatic carbocycles. The highest BCUT2D eigenvalue weighted by Crippen LogP contribution is 2.34. The Bertz CT molecular complexity index is 371. The van der Waals surface area contributed by atoms with Crippen molar-refractivity contribution in [3.05, 3.63) is 33.8 Å². The largest absolute Gasteiger partial charge is 0.385 e. The van der Waals surface area contributed by atoms with Gasteiger partial charge < -0.3 is 10.1 Å². The minimum absolute atomic E-state index is 0.205.